The van der Waals surface area contributed by atoms with Gasteiger partial charge in [0, 0.05) is 45.2 Å². The predicted molar refractivity (Wildman–Crippen MR) is 112 cm³/mol. The summed E-state index contributed by atoms with van der Waals surface area (Å²) in [6.45, 7) is 10.6. The van der Waals surface area contributed by atoms with Gasteiger partial charge in [0.25, 0.3) is 0 Å². The SMILES string of the molecule is C=CCNC(=O)CCN.CC(C)NCCC(=O)O.NC(=O)N1CCCCCC1. The molecule has 0 spiro atoms. The summed E-state index contributed by atoms with van der Waals surface area (Å²) in [7, 11) is 0. The van der Waals surface area contributed by atoms with Crippen LogP contribution in [0.15, 0.2) is 12.7 Å². The number of carbonyl (C=O) groups excluding carboxylic acids is 2. The molecule has 1 saturated heterocycles. The second-order valence-electron chi connectivity index (χ2n) is 6.62. The van der Waals surface area contributed by atoms with Crippen molar-refractivity contribution < 1.29 is 19.5 Å². The molecule has 0 atom stereocenters. The van der Waals surface area contributed by atoms with Gasteiger partial charge in [-0.3, -0.25) is 9.59 Å². The van der Waals surface area contributed by atoms with Crippen LogP contribution in [0.2, 0.25) is 0 Å². The molecule has 164 valence electrons. The van der Waals surface area contributed by atoms with Gasteiger partial charge in [0.05, 0.1) is 6.42 Å². The van der Waals surface area contributed by atoms with E-state index >= 15 is 0 Å². The number of urea groups is 1. The van der Waals surface area contributed by atoms with Crippen molar-refractivity contribution in [2.24, 2.45) is 11.5 Å². The highest BCUT2D eigenvalue weighted by atomic mass is 16.4. The minimum absolute atomic E-state index is 0.0163. The molecule has 9 heteroatoms. The number of nitrogens with two attached hydrogens (primary N) is 2. The number of nitrogens with zero attached hydrogens (tertiary/aromatic N) is 1. The number of hydrogen-bond acceptors (Lipinski definition) is 5. The maximum absolute atomic E-state index is 10.7. The summed E-state index contributed by atoms with van der Waals surface area (Å²) in [5.41, 5.74) is 10.2. The standard InChI is InChI=1S/C7H14N2O.C6H12N2O.C6H13NO2/c8-7(10)9-5-3-1-2-4-6-9;1-2-5-8-6(9)3-4-7;1-5(2)7-4-3-6(8)9/h1-6H2,(H2,8,10);2H,1,3-5,7H2,(H,8,9);5,7H,3-4H2,1-2H3,(H,8,9). The number of carbonyl (C=O) groups is 3. The van der Waals surface area contributed by atoms with E-state index in [4.69, 9.17) is 16.6 Å². The number of primary amides is 1. The van der Waals surface area contributed by atoms with E-state index in [1.165, 1.54) is 12.8 Å². The van der Waals surface area contributed by atoms with Gasteiger partial charge in [-0.2, -0.15) is 0 Å². The van der Waals surface area contributed by atoms with Gasteiger partial charge >= 0.3 is 12.0 Å². The van der Waals surface area contributed by atoms with Crippen LogP contribution in [0, 0.1) is 0 Å². The number of likely N-dealkylation sites (tertiary alicyclic amines) is 1. The van der Waals surface area contributed by atoms with Gasteiger partial charge in [0.1, 0.15) is 0 Å². The number of carboxylic acid groups (broad SMARTS) is 1. The topological polar surface area (TPSA) is 151 Å². The molecule has 0 saturated carbocycles. The summed E-state index contributed by atoms with van der Waals surface area (Å²) in [5, 5.41) is 13.8. The third kappa shape index (κ3) is 21.9. The molecule has 0 unspecified atom stereocenters. The van der Waals surface area contributed by atoms with Gasteiger partial charge in [-0.25, -0.2) is 4.79 Å². The molecule has 1 aliphatic heterocycles. The first kappa shape index (κ1) is 28.1. The lowest BCUT2D eigenvalue weighted by Crippen LogP contribution is -2.36. The van der Waals surface area contributed by atoms with Crippen LogP contribution in [-0.2, 0) is 9.59 Å². The molecular weight excluding hydrogens is 362 g/mol. The van der Waals surface area contributed by atoms with Crippen LogP contribution in [0.3, 0.4) is 0 Å². The Morgan fingerprint density at radius 1 is 1.14 bits per heavy atom. The van der Waals surface area contributed by atoms with Gasteiger partial charge in [0.15, 0.2) is 0 Å². The largest absolute Gasteiger partial charge is 0.481 e. The van der Waals surface area contributed by atoms with Crippen molar-refractivity contribution in [1.29, 1.82) is 0 Å². The minimum Gasteiger partial charge on any atom is -0.481 e. The second kappa shape index (κ2) is 19.6. The second-order valence-corrected chi connectivity index (χ2v) is 6.62. The molecule has 0 aromatic carbocycles. The average molecular weight is 402 g/mol. The molecular formula is C19H39N5O4. The average Bonchev–Trinajstić information content (AvgIpc) is 2.90. The van der Waals surface area contributed by atoms with Gasteiger partial charge in [-0.1, -0.05) is 32.8 Å². The third-order valence-corrected chi connectivity index (χ3v) is 3.62. The lowest BCUT2D eigenvalue weighted by atomic mass is 10.2. The molecule has 3 amide bonds. The number of carboxylic acids is 1. The van der Waals surface area contributed by atoms with E-state index in [1.54, 1.807) is 11.0 Å². The summed E-state index contributed by atoms with van der Waals surface area (Å²) >= 11 is 0. The van der Waals surface area contributed by atoms with Crippen LogP contribution in [-0.4, -0.2) is 66.7 Å². The van der Waals surface area contributed by atoms with Crippen LogP contribution in [0.1, 0.15) is 52.4 Å². The van der Waals surface area contributed by atoms with E-state index in [9.17, 15) is 14.4 Å². The van der Waals surface area contributed by atoms with Crippen molar-refractivity contribution in [3.8, 4) is 0 Å². The summed E-state index contributed by atoms with van der Waals surface area (Å²) in [4.78, 5) is 32.9. The van der Waals surface area contributed by atoms with Gasteiger partial charge in [-0.15, -0.1) is 6.58 Å². The van der Waals surface area contributed by atoms with Gasteiger partial charge in [0.2, 0.25) is 5.91 Å². The molecule has 0 radical (unpaired) electrons. The van der Waals surface area contributed by atoms with Crippen molar-refractivity contribution in [3.63, 3.8) is 0 Å². The number of amides is 3. The van der Waals surface area contributed by atoms with Gasteiger partial charge in [-0.05, 0) is 12.8 Å². The van der Waals surface area contributed by atoms with E-state index in [0.717, 1.165) is 25.9 Å². The lowest BCUT2D eigenvalue weighted by Gasteiger charge is -2.16. The fourth-order valence-electron chi connectivity index (χ4n) is 2.16. The van der Waals surface area contributed by atoms with Crippen molar-refractivity contribution in [2.75, 3.05) is 32.7 Å². The summed E-state index contributed by atoms with van der Waals surface area (Å²) in [6.07, 6.45) is 6.94. The van der Waals surface area contributed by atoms with Crippen LogP contribution in [0.5, 0.6) is 0 Å². The van der Waals surface area contributed by atoms with Crippen LogP contribution < -0.4 is 22.1 Å². The Morgan fingerprint density at radius 3 is 2.11 bits per heavy atom. The van der Waals surface area contributed by atoms with Crippen molar-refractivity contribution in [3.05, 3.63) is 12.7 Å². The molecule has 0 aliphatic carbocycles. The Labute approximate surface area is 168 Å². The Hall–Kier alpha value is -2.13. The van der Waals surface area contributed by atoms with E-state index in [-0.39, 0.29) is 18.4 Å². The zero-order valence-electron chi connectivity index (χ0n) is 17.4. The van der Waals surface area contributed by atoms with E-state index in [2.05, 4.69) is 17.2 Å². The first-order chi connectivity index (χ1) is 13.2. The highest BCUT2D eigenvalue weighted by Gasteiger charge is 2.10. The molecule has 1 fully saturated rings. The zero-order chi connectivity index (χ0) is 21.8. The highest BCUT2D eigenvalue weighted by Crippen LogP contribution is 2.08. The monoisotopic (exact) mass is 401 g/mol. The maximum atomic E-state index is 10.7. The molecule has 0 bridgehead atoms. The molecule has 9 nitrogen and oxygen atoms in total. The first-order valence-electron chi connectivity index (χ1n) is 9.81. The van der Waals surface area contributed by atoms with Crippen LogP contribution in [0.25, 0.3) is 0 Å². The van der Waals surface area contributed by atoms with E-state index < -0.39 is 5.97 Å². The molecule has 1 rings (SSSR count). The molecule has 28 heavy (non-hydrogen) atoms. The van der Waals surface area contributed by atoms with Crippen molar-refractivity contribution >= 4 is 17.9 Å². The number of rotatable bonds is 8. The van der Waals surface area contributed by atoms with E-state index in [0.29, 0.717) is 32.1 Å². The molecule has 1 heterocycles. The number of nitrogens with one attached hydrogen (secondary N) is 2. The Bertz CT molecular complexity index is 436. The Morgan fingerprint density at radius 2 is 1.71 bits per heavy atom. The summed E-state index contributed by atoms with van der Waals surface area (Å²) in [6, 6.07) is 0.117. The number of hydrogen-bond donors (Lipinski definition) is 5. The highest BCUT2D eigenvalue weighted by molar-refractivity contribution is 5.76. The quantitative estimate of drug-likeness (QED) is 0.383. The predicted octanol–water partition coefficient (Wildman–Crippen LogP) is 1.04. The van der Waals surface area contributed by atoms with Crippen LogP contribution in [0.4, 0.5) is 4.79 Å². The van der Waals surface area contributed by atoms with E-state index in [1.807, 2.05) is 13.8 Å². The smallest absolute Gasteiger partial charge is 0.314 e. The van der Waals surface area contributed by atoms with Crippen molar-refractivity contribution in [2.45, 2.75) is 58.4 Å². The summed E-state index contributed by atoms with van der Waals surface area (Å²) in [5.74, 6) is -0.763. The first-order valence-corrected chi connectivity index (χ1v) is 9.81. The Kier molecular flexibility index (Phi) is 19.7. The summed E-state index contributed by atoms with van der Waals surface area (Å²) < 4.78 is 0. The normalized spacial score (nSPS) is 13.2. The third-order valence-electron chi connectivity index (χ3n) is 3.62. The molecule has 1 aliphatic rings. The Balaban J connectivity index is 0. The van der Waals surface area contributed by atoms with Crippen LogP contribution >= 0.6 is 0 Å². The zero-order valence-corrected chi connectivity index (χ0v) is 17.4. The van der Waals surface area contributed by atoms with Crippen molar-refractivity contribution in [1.82, 2.24) is 15.5 Å². The minimum atomic E-state index is -0.747. The molecule has 0 aromatic heterocycles. The molecule has 7 N–H and O–H groups in total. The van der Waals surface area contributed by atoms with Gasteiger partial charge < -0.3 is 32.1 Å². The number of aliphatic carboxylic acids is 1. The molecule has 0 aromatic rings. The lowest BCUT2D eigenvalue weighted by molar-refractivity contribution is -0.136. The fraction of sp³-hybridized carbons (Fsp3) is 0.737. The maximum Gasteiger partial charge on any atom is 0.314 e. The fourth-order valence-corrected chi connectivity index (χ4v) is 2.16.